The molecule has 11 heteroatoms. The van der Waals surface area contributed by atoms with E-state index >= 15 is 0 Å². The van der Waals surface area contributed by atoms with Gasteiger partial charge in [0.2, 0.25) is 0 Å². The van der Waals surface area contributed by atoms with Crippen molar-refractivity contribution in [3.63, 3.8) is 0 Å². The number of benzene rings is 1. The normalized spacial score (nSPS) is 23.9. The molecule has 5 unspecified atom stereocenters. The van der Waals surface area contributed by atoms with Gasteiger partial charge >= 0.3 is 5.97 Å². The first-order valence-electron chi connectivity index (χ1n) is 8.30. The number of carboxylic acid groups (broad SMARTS) is 1. The number of Topliss-reactive ketones (excluding diaryl/α,β-unsaturated/α-hetero) is 2. The molecule has 1 saturated carbocycles. The molecule has 2 rings (SSSR count). The number of halogens is 2. The van der Waals surface area contributed by atoms with E-state index in [0.717, 1.165) is 0 Å². The molecule has 0 aromatic heterocycles. The van der Waals surface area contributed by atoms with Crippen LogP contribution in [0.1, 0.15) is 19.8 Å². The number of anilines is 1. The van der Waals surface area contributed by atoms with Gasteiger partial charge in [-0.05, 0) is 24.1 Å². The van der Waals surface area contributed by atoms with Gasteiger partial charge in [-0.25, -0.2) is 10.4 Å². The second-order valence-electron chi connectivity index (χ2n) is 6.69. The first-order valence-corrected chi connectivity index (χ1v) is 9.06. The Morgan fingerprint density at radius 3 is 2.57 bits per heavy atom. The number of carboxylic acids is 1. The Kier molecular flexibility index (Phi) is 7.13. The highest BCUT2D eigenvalue weighted by atomic mass is 35.5. The van der Waals surface area contributed by atoms with Crippen molar-refractivity contribution in [3.05, 3.63) is 33.5 Å². The number of nitrogens with one attached hydrogen (secondary N) is 2. The van der Waals surface area contributed by atoms with Crippen LogP contribution in [0.2, 0.25) is 10.0 Å². The summed E-state index contributed by atoms with van der Waals surface area (Å²) in [5.41, 5.74) is 0.0225. The van der Waals surface area contributed by atoms with Crippen molar-refractivity contribution >= 4 is 52.3 Å². The van der Waals surface area contributed by atoms with Gasteiger partial charge in [-0.1, -0.05) is 30.1 Å². The van der Waals surface area contributed by atoms with Gasteiger partial charge in [0.15, 0.2) is 6.04 Å². The molecule has 28 heavy (non-hydrogen) atoms. The summed E-state index contributed by atoms with van der Waals surface area (Å²) < 4.78 is 0. The molecule has 5 atom stereocenters. The SMILES string of the molecule is CC1CC(=O)C(CC(=O)O)C1C(C(=O)C(=O)Nc1cc(Cl)ccc1Cl)[NH+]([O-])O. The fraction of sp³-hybridized carbons (Fsp3) is 0.412. The molecule has 0 aliphatic heterocycles. The quantitative estimate of drug-likeness (QED) is 0.370. The van der Waals surface area contributed by atoms with Gasteiger partial charge < -0.3 is 15.6 Å². The fourth-order valence-corrected chi connectivity index (χ4v) is 3.92. The van der Waals surface area contributed by atoms with Crippen molar-refractivity contribution in [3.8, 4) is 0 Å². The highest BCUT2D eigenvalue weighted by molar-refractivity contribution is 6.43. The summed E-state index contributed by atoms with van der Waals surface area (Å²) in [5.74, 6) is -7.07. The molecule has 1 aromatic carbocycles. The van der Waals surface area contributed by atoms with Gasteiger partial charge in [0.05, 0.1) is 17.1 Å². The van der Waals surface area contributed by atoms with Crippen LogP contribution in [0.25, 0.3) is 0 Å². The highest BCUT2D eigenvalue weighted by Crippen LogP contribution is 2.38. The first-order chi connectivity index (χ1) is 13.0. The Balaban J connectivity index is 2.30. The molecule has 152 valence electrons. The Labute approximate surface area is 169 Å². The number of ketones is 2. The van der Waals surface area contributed by atoms with E-state index in [9.17, 15) is 29.6 Å². The minimum absolute atomic E-state index is 0.0225. The van der Waals surface area contributed by atoms with Crippen LogP contribution in [0.4, 0.5) is 5.69 Å². The zero-order chi connectivity index (χ0) is 21.2. The molecule has 0 heterocycles. The van der Waals surface area contributed by atoms with Crippen LogP contribution in [0, 0.1) is 23.0 Å². The second-order valence-corrected chi connectivity index (χ2v) is 7.53. The second kappa shape index (κ2) is 8.97. The summed E-state index contributed by atoms with van der Waals surface area (Å²) in [6, 6.07) is 2.28. The molecular weight excluding hydrogens is 415 g/mol. The summed E-state index contributed by atoms with van der Waals surface area (Å²) in [5, 5.41) is 31.3. The van der Waals surface area contributed by atoms with E-state index in [-0.39, 0.29) is 22.2 Å². The van der Waals surface area contributed by atoms with Crippen LogP contribution in [0.15, 0.2) is 18.2 Å². The molecule has 1 aliphatic rings. The predicted molar refractivity (Wildman–Crippen MR) is 98.0 cm³/mol. The molecule has 0 radical (unpaired) electrons. The van der Waals surface area contributed by atoms with E-state index in [1.807, 2.05) is 0 Å². The molecule has 1 aliphatic carbocycles. The van der Waals surface area contributed by atoms with Crippen molar-refractivity contribution < 1.29 is 34.7 Å². The van der Waals surface area contributed by atoms with Crippen LogP contribution in [0.5, 0.6) is 0 Å². The van der Waals surface area contributed by atoms with E-state index < -0.39 is 58.9 Å². The number of hydrogen-bond donors (Lipinski definition) is 4. The summed E-state index contributed by atoms with van der Waals surface area (Å²) in [6.45, 7) is 1.55. The summed E-state index contributed by atoms with van der Waals surface area (Å²) >= 11 is 11.7. The molecule has 9 nitrogen and oxygen atoms in total. The number of rotatable bonds is 7. The zero-order valence-electron chi connectivity index (χ0n) is 14.6. The molecule has 1 fully saturated rings. The lowest BCUT2D eigenvalue weighted by Gasteiger charge is -2.31. The third-order valence-corrected chi connectivity index (χ3v) is 5.35. The molecular formula is C17H18Cl2N2O7. The molecule has 0 spiro atoms. The third-order valence-electron chi connectivity index (χ3n) is 4.79. The lowest BCUT2D eigenvalue weighted by atomic mass is 9.80. The maximum Gasteiger partial charge on any atom is 0.304 e. The smallest absolute Gasteiger partial charge is 0.304 e. The number of carbonyl (C=O) groups is 4. The monoisotopic (exact) mass is 432 g/mol. The lowest BCUT2D eigenvalue weighted by molar-refractivity contribution is -1.06. The number of carbonyl (C=O) groups excluding carboxylic acids is 3. The minimum atomic E-state index is -1.86. The van der Waals surface area contributed by atoms with Crippen LogP contribution < -0.4 is 10.5 Å². The lowest BCUT2D eigenvalue weighted by Crippen LogP contribution is -3.11. The number of aliphatic carboxylic acids is 1. The Morgan fingerprint density at radius 1 is 1.36 bits per heavy atom. The molecule has 1 aromatic rings. The van der Waals surface area contributed by atoms with Gasteiger partial charge in [0.1, 0.15) is 5.78 Å². The van der Waals surface area contributed by atoms with Crippen LogP contribution in [-0.2, 0) is 19.2 Å². The predicted octanol–water partition coefficient (Wildman–Crippen LogP) is 0.958. The van der Waals surface area contributed by atoms with E-state index in [2.05, 4.69) is 5.32 Å². The summed E-state index contributed by atoms with van der Waals surface area (Å²) in [6.07, 6.45) is -0.659. The first kappa shape index (κ1) is 22.3. The van der Waals surface area contributed by atoms with Crippen LogP contribution >= 0.6 is 23.2 Å². The Hall–Kier alpha value is -2.04. The van der Waals surface area contributed by atoms with Gasteiger partial charge in [-0.15, -0.1) is 0 Å². The van der Waals surface area contributed by atoms with Gasteiger partial charge in [0, 0.05) is 23.3 Å². The maximum atomic E-state index is 12.6. The molecule has 4 N–H and O–H groups in total. The van der Waals surface area contributed by atoms with Gasteiger partial charge in [0.25, 0.3) is 11.7 Å². The van der Waals surface area contributed by atoms with E-state index in [1.54, 1.807) is 6.92 Å². The number of hydroxylamine groups is 2. The van der Waals surface area contributed by atoms with Crippen LogP contribution in [-0.4, -0.2) is 39.8 Å². The van der Waals surface area contributed by atoms with Crippen molar-refractivity contribution in [2.75, 3.05) is 5.32 Å². The van der Waals surface area contributed by atoms with Crippen molar-refractivity contribution in [2.45, 2.75) is 25.8 Å². The number of hydrogen-bond acceptors (Lipinski definition) is 6. The average Bonchev–Trinajstić information content (AvgIpc) is 2.84. The van der Waals surface area contributed by atoms with Crippen molar-refractivity contribution in [1.82, 2.24) is 0 Å². The van der Waals surface area contributed by atoms with Crippen molar-refractivity contribution in [2.24, 2.45) is 17.8 Å². The highest BCUT2D eigenvalue weighted by Gasteiger charge is 2.51. The number of amides is 1. The largest absolute Gasteiger partial charge is 0.599 e. The van der Waals surface area contributed by atoms with Gasteiger partial charge in [-0.3, -0.25) is 19.2 Å². The third kappa shape index (κ3) is 4.86. The summed E-state index contributed by atoms with van der Waals surface area (Å²) in [7, 11) is 0. The zero-order valence-corrected chi connectivity index (χ0v) is 16.2. The van der Waals surface area contributed by atoms with Gasteiger partial charge in [-0.2, -0.15) is 0 Å². The summed E-state index contributed by atoms with van der Waals surface area (Å²) in [4.78, 5) is 48.2. The van der Waals surface area contributed by atoms with E-state index in [1.165, 1.54) is 18.2 Å². The Bertz CT molecular complexity index is 815. The van der Waals surface area contributed by atoms with Crippen LogP contribution in [0.3, 0.4) is 0 Å². The molecule has 0 bridgehead atoms. The van der Waals surface area contributed by atoms with Crippen molar-refractivity contribution in [1.29, 1.82) is 0 Å². The minimum Gasteiger partial charge on any atom is -0.599 e. The molecule has 0 saturated heterocycles. The topological polar surface area (TPSA) is 148 Å². The molecule has 1 amide bonds. The van der Waals surface area contributed by atoms with E-state index in [0.29, 0.717) is 0 Å². The standard InChI is InChI=1S/C17H18Cl2N2O7/c1-7-4-12(22)9(6-13(23)24)14(7)15(21(27)28)16(25)17(26)20-11-5-8(18)2-3-10(11)19/h2-3,5,7,9,14-15,21,27H,4,6H2,1H3,(H,20,26)(H,23,24). The Morgan fingerprint density at radius 2 is 2.00 bits per heavy atom. The average molecular weight is 433 g/mol. The van der Waals surface area contributed by atoms with E-state index in [4.69, 9.17) is 28.3 Å². The fourth-order valence-electron chi connectivity index (χ4n) is 3.58. The number of quaternary nitrogens is 1. The maximum absolute atomic E-state index is 12.6.